The molecular weight excluding hydrogens is 320 g/mol. The molecule has 0 saturated carbocycles. The van der Waals surface area contributed by atoms with E-state index in [0.717, 1.165) is 31.9 Å². The van der Waals surface area contributed by atoms with Crippen molar-refractivity contribution >= 4 is 11.5 Å². The molecule has 1 N–H and O–H groups in total. The second-order valence-electron chi connectivity index (χ2n) is 6.73. The quantitative estimate of drug-likeness (QED) is 0.561. The molecule has 0 radical (unpaired) electrons. The van der Waals surface area contributed by atoms with Gasteiger partial charge in [0.25, 0.3) is 5.82 Å². The largest absolute Gasteiger partial charge is 0.289 e. The van der Waals surface area contributed by atoms with E-state index in [1.165, 1.54) is 28.1 Å². The summed E-state index contributed by atoms with van der Waals surface area (Å²) < 4.78 is 0. The summed E-state index contributed by atoms with van der Waals surface area (Å²) in [6.07, 6.45) is 1.98. The highest BCUT2D eigenvalue weighted by molar-refractivity contribution is 6.24. The van der Waals surface area contributed by atoms with Crippen molar-refractivity contribution in [2.24, 2.45) is 5.10 Å². The van der Waals surface area contributed by atoms with Crippen molar-refractivity contribution in [3.63, 3.8) is 0 Å². The number of H-pyrrole nitrogens is 1. The van der Waals surface area contributed by atoms with Crippen LogP contribution in [-0.4, -0.2) is 36.9 Å². The van der Waals surface area contributed by atoms with E-state index < -0.39 is 0 Å². The fourth-order valence-electron chi connectivity index (χ4n) is 3.86. The molecule has 1 aromatic heterocycles. The van der Waals surface area contributed by atoms with Crippen molar-refractivity contribution in [3.8, 4) is 11.1 Å². The third-order valence-corrected chi connectivity index (χ3v) is 5.19. The predicted molar refractivity (Wildman–Crippen MR) is 104 cm³/mol. The highest BCUT2D eigenvalue weighted by Crippen LogP contribution is 2.36. The number of aromatic nitrogens is 1. The molecule has 3 aromatic rings. The Morgan fingerprint density at radius 2 is 1.23 bits per heavy atom. The van der Waals surface area contributed by atoms with Gasteiger partial charge in [0, 0.05) is 17.2 Å². The van der Waals surface area contributed by atoms with Crippen LogP contribution in [0.1, 0.15) is 11.1 Å². The van der Waals surface area contributed by atoms with Gasteiger partial charge in [-0.3, -0.25) is 9.91 Å². The molecule has 4 nitrogen and oxygen atoms in total. The lowest BCUT2D eigenvalue weighted by molar-refractivity contribution is -0.364. The van der Waals surface area contributed by atoms with Crippen molar-refractivity contribution in [1.82, 2.24) is 5.01 Å². The van der Waals surface area contributed by atoms with Gasteiger partial charge >= 0.3 is 0 Å². The van der Waals surface area contributed by atoms with Crippen molar-refractivity contribution in [2.45, 2.75) is 0 Å². The summed E-state index contributed by atoms with van der Waals surface area (Å²) in [5.41, 5.74) is 6.18. The molecule has 0 atom stereocenters. The normalized spacial score (nSPS) is 15.6. The van der Waals surface area contributed by atoms with E-state index in [1.54, 1.807) is 0 Å². The minimum absolute atomic E-state index is 0.927. The van der Waals surface area contributed by atoms with Crippen molar-refractivity contribution < 1.29 is 4.98 Å². The number of aromatic amines is 1. The van der Waals surface area contributed by atoms with Crippen molar-refractivity contribution in [1.29, 1.82) is 0 Å². The number of rotatable bonds is 2. The second-order valence-corrected chi connectivity index (χ2v) is 6.73. The average Bonchev–Trinajstić information content (AvgIpc) is 3.04. The zero-order valence-corrected chi connectivity index (χ0v) is 14.6. The molecule has 5 rings (SSSR count). The summed E-state index contributed by atoms with van der Waals surface area (Å²) in [6, 6.07) is 23.4. The number of hydrogen-bond acceptors (Lipinski definition) is 3. The first-order chi connectivity index (χ1) is 12.9. The third kappa shape index (κ3) is 2.54. The highest BCUT2D eigenvalue weighted by atomic mass is 15.5. The van der Waals surface area contributed by atoms with E-state index in [9.17, 15) is 0 Å². The molecule has 2 aliphatic rings. The molecule has 1 fully saturated rings. The summed E-state index contributed by atoms with van der Waals surface area (Å²) in [6.45, 7) is 3.80. The van der Waals surface area contributed by atoms with Gasteiger partial charge in [0.1, 0.15) is 13.1 Å². The van der Waals surface area contributed by atoms with Crippen LogP contribution in [0, 0.1) is 0 Å². The van der Waals surface area contributed by atoms with E-state index in [0.29, 0.717) is 0 Å². The van der Waals surface area contributed by atoms with Crippen molar-refractivity contribution in [2.75, 3.05) is 31.1 Å². The van der Waals surface area contributed by atoms with Crippen LogP contribution >= 0.6 is 0 Å². The number of anilines is 1. The van der Waals surface area contributed by atoms with E-state index in [1.807, 2.05) is 12.3 Å². The van der Waals surface area contributed by atoms with E-state index in [-0.39, 0.29) is 0 Å². The van der Waals surface area contributed by atoms with Gasteiger partial charge in [-0.05, 0) is 17.2 Å². The van der Waals surface area contributed by atoms with Gasteiger partial charge in [-0.2, -0.15) is 5.10 Å². The maximum atomic E-state index is 5.06. The van der Waals surface area contributed by atoms with Crippen LogP contribution in [-0.2, 0) is 0 Å². The van der Waals surface area contributed by atoms with Crippen LogP contribution in [0.3, 0.4) is 0 Å². The Hall–Kier alpha value is -3.14. The lowest BCUT2D eigenvalue weighted by Gasteiger charge is -2.29. The number of pyridine rings is 1. The van der Waals surface area contributed by atoms with Crippen LogP contribution < -0.4 is 9.88 Å². The predicted octanol–water partition coefficient (Wildman–Crippen LogP) is 3.06. The Labute approximate surface area is 153 Å². The maximum absolute atomic E-state index is 5.06. The Morgan fingerprint density at radius 3 is 1.81 bits per heavy atom. The van der Waals surface area contributed by atoms with Gasteiger partial charge in [0.15, 0.2) is 0 Å². The molecule has 4 heteroatoms. The maximum Gasteiger partial charge on any atom is 0.274 e. The number of piperazine rings is 1. The molecule has 2 heterocycles. The van der Waals surface area contributed by atoms with Crippen LogP contribution in [0.5, 0.6) is 0 Å². The Kier molecular flexibility index (Phi) is 3.67. The van der Waals surface area contributed by atoms with E-state index in [2.05, 4.69) is 75.6 Å². The Morgan fingerprint density at radius 1 is 0.654 bits per heavy atom. The molecule has 128 valence electrons. The molecule has 0 bridgehead atoms. The molecule has 26 heavy (non-hydrogen) atoms. The smallest absolute Gasteiger partial charge is 0.274 e. The number of nitrogens with one attached hydrogen (secondary N) is 1. The number of hydrogen-bond donors (Lipinski definition) is 0. The van der Waals surface area contributed by atoms with Crippen LogP contribution in [0.4, 0.5) is 5.82 Å². The van der Waals surface area contributed by atoms with E-state index in [4.69, 9.17) is 5.10 Å². The van der Waals surface area contributed by atoms with Crippen LogP contribution in [0.15, 0.2) is 78.0 Å². The third-order valence-electron chi connectivity index (χ3n) is 5.19. The van der Waals surface area contributed by atoms with Gasteiger partial charge in [-0.1, -0.05) is 54.6 Å². The first-order valence-electron chi connectivity index (χ1n) is 9.14. The van der Waals surface area contributed by atoms with Gasteiger partial charge in [-0.25, -0.2) is 4.98 Å². The van der Waals surface area contributed by atoms with Gasteiger partial charge in [0.2, 0.25) is 0 Å². The summed E-state index contributed by atoms with van der Waals surface area (Å²) in [5.74, 6) is 1.18. The number of benzene rings is 2. The molecule has 1 aliphatic carbocycles. The average molecular weight is 341 g/mol. The minimum atomic E-state index is 0.927. The summed E-state index contributed by atoms with van der Waals surface area (Å²) in [7, 11) is 0. The first kappa shape index (κ1) is 15.1. The molecule has 1 saturated heterocycles. The fourth-order valence-corrected chi connectivity index (χ4v) is 3.86. The standard InChI is InChI=1S/C22H20N4/c1-3-9-19-17(7-1)18-8-2-4-10-20(18)22(19)24-26-15-13-25(14-16-26)21-11-5-6-12-23-21/h1-12H,13-16H2/p+1. The molecule has 2 aromatic carbocycles. The fraction of sp³-hybridized carbons (Fsp3) is 0.182. The van der Waals surface area contributed by atoms with Gasteiger partial charge in [0.05, 0.1) is 25.0 Å². The zero-order chi connectivity index (χ0) is 17.3. The lowest BCUT2D eigenvalue weighted by Crippen LogP contribution is -2.46. The number of hydrazone groups is 1. The highest BCUT2D eigenvalue weighted by Gasteiger charge is 2.27. The summed E-state index contributed by atoms with van der Waals surface area (Å²) in [4.78, 5) is 5.71. The monoisotopic (exact) mass is 341 g/mol. The number of nitrogens with zero attached hydrogens (tertiary/aromatic N) is 3. The van der Waals surface area contributed by atoms with Gasteiger partial charge < -0.3 is 0 Å². The molecule has 0 unspecified atom stereocenters. The molecule has 0 spiro atoms. The molecule has 0 amide bonds. The summed E-state index contributed by atoms with van der Waals surface area (Å²) >= 11 is 0. The minimum Gasteiger partial charge on any atom is -0.289 e. The molecule has 1 aliphatic heterocycles. The topological polar surface area (TPSA) is 33.0 Å². The SMILES string of the molecule is c1ccc(N2CCN(N=C3c4ccccc4-c4ccccc43)CC2)[nH+]c1. The van der Waals surface area contributed by atoms with Crippen molar-refractivity contribution in [3.05, 3.63) is 84.1 Å². The van der Waals surface area contributed by atoms with Crippen LogP contribution in [0.2, 0.25) is 0 Å². The van der Waals surface area contributed by atoms with E-state index >= 15 is 0 Å². The first-order valence-corrected chi connectivity index (χ1v) is 9.14. The molecular formula is C22H21N4+. The number of fused-ring (bicyclic) bond motifs is 3. The Balaban J connectivity index is 1.42. The lowest BCUT2D eigenvalue weighted by atomic mass is 10.1. The Bertz CT molecular complexity index is 909. The van der Waals surface area contributed by atoms with Gasteiger partial charge in [-0.15, -0.1) is 0 Å². The van der Waals surface area contributed by atoms with Crippen LogP contribution in [0.25, 0.3) is 11.1 Å². The second kappa shape index (κ2) is 6.30. The zero-order valence-electron chi connectivity index (χ0n) is 14.6. The summed E-state index contributed by atoms with van der Waals surface area (Å²) in [5, 5.41) is 7.27.